The van der Waals surface area contributed by atoms with E-state index in [1.165, 1.54) is 35.1 Å². The van der Waals surface area contributed by atoms with Gasteiger partial charge in [0.25, 0.3) is 0 Å². The topological polar surface area (TPSA) is 142 Å². The van der Waals surface area contributed by atoms with Crippen LogP contribution in [0.3, 0.4) is 0 Å². The van der Waals surface area contributed by atoms with E-state index in [1.807, 2.05) is 84.9 Å². The second-order valence-electron chi connectivity index (χ2n) is 14.2. The Morgan fingerprint density at radius 3 is 1.95 bits per heavy atom. The van der Waals surface area contributed by atoms with Crippen molar-refractivity contribution >= 4 is 71.1 Å². The van der Waals surface area contributed by atoms with E-state index in [0.29, 0.717) is 10.9 Å². The Labute approximate surface area is 340 Å². The number of carbonyl (C=O) groups is 3. The number of fused-ring (bicyclic) bond motifs is 1. The fourth-order valence-electron chi connectivity index (χ4n) is 6.88. The van der Waals surface area contributed by atoms with Gasteiger partial charge >= 0.3 is 228 Å². The third kappa shape index (κ3) is 7.59. The fourth-order valence-corrected chi connectivity index (χ4v) is 12.3. The standard InChI is InChI=1S/C42H41N5O6S2Se/c1-40(2,3)53-37(50)42(51)38(56-30-23-15-8-16-24-30)54-26-32-34(36(49)47(32)42)44-35(48)33(46-52-4)31-25-55-39(43-31)45-41(27-17-9-5-10-18-27,28-19-11-6-12-20-28)29-21-13-7-14-22-29/h5-25,32,34,38,51H,26H2,1-4H3,(H,43,45)(H,44,48). The molecule has 0 spiro atoms. The molecule has 0 aliphatic carbocycles. The van der Waals surface area contributed by atoms with Crippen LogP contribution in [-0.2, 0) is 29.5 Å². The number of thiazole rings is 1. The summed E-state index contributed by atoms with van der Waals surface area (Å²) in [6.45, 7) is 5.13. The maximum atomic E-state index is 14.0. The van der Waals surface area contributed by atoms with Crippen LogP contribution in [0.5, 0.6) is 0 Å². The Balaban J connectivity index is 1.15. The first-order valence-electron chi connectivity index (χ1n) is 17.9. The Bertz CT molecular complexity index is 2110. The number of benzene rings is 4. The molecule has 0 saturated carbocycles. The van der Waals surface area contributed by atoms with Crippen LogP contribution in [0.4, 0.5) is 5.13 Å². The zero-order valence-corrected chi connectivity index (χ0v) is 34.5. The van der Waals surface area contributed by atoms with Crippen molar-refractivity contribution in [1.29, 1.82) is 0 Å². The van der Waals surface area contributed by atoms with Gasteiger partial charge in [0.2, 0.25) is 0 Å². The summed E-state index contributed by atoms with van der Waals surface area (Å²) in [5.74, 6) is -1.81. The molecule has 0 bridgehead atoms. The van der Waals surface area contributed by atoms with E-state index in [1.54, 1.807) is 26.2 Å². The quantitative estimate of drug-likeness (QED) is 0.0406. The fraction of sp³-hybridized carbons (Fsp3) is 0.262. The number of ether oxygens (including phenoxy) is 1. The number of hydrogen-bond acceptors (Lipinski definition) is 11. The van der Waals surface area contributed by atoms with Crippen molar-refractivity contribution in [2.24, 2.45) is 5.16 Å². The average molecular weight is 855 g/mol. The maximum absolute atomic E-state index is 14.0. The van der Waals surface area contributed by atoms with Gasteiger partial charge in [0.1, 0.15) is 5.54 Å². The van der Waals surface area contributed by atoms with Gasteiger partial charge < -0.3 is 0 Å². The molecular weight excluding hydrogens is 814 g/mol. The number of nitrogens with one attached hydrogen (secondary N) is 2. The number of nitrogens with zero attached hydrogens (tertiary/aromatic N) is 3. The van der Waals surface area contributed by atoms with Gasteiger partial charge in [0.05, 0.1) is 0 Å². The summed E-state index contributed by atoms with van der Waals surface area (Å²) in [5.41, 5.74) is -0.965. The summed E-state index contributed by atoms with van der Waals surface area (Å²) < 4.78 is 6.00. The molecule has 0 radical (unpaired) electrons. The number of thioether (sulfide) groups is 1. The summed E-state index contributed by atoms with van der Waals surface area (Å²) in [4.78, 5) is 52.8. The molecule has 56 heavy (non-hydrogen) atoms. The molecule has 3 N–H and O–H groups in total. The van der Waals surface area contributed by atoms with Gasteiger partial charge in [0.15, 0.2) is 0 Å². The molecule has 1 aromatic heterocycles. The van der Waals surface area contributed by atoms with Crippen LogP contribution >= 0.6 is 23.1 Å². The molecule has 11 nitrogen and oxygen atoms in total. The summed E-state index contributed by atoms with van der Waals surface area (Å²) in [6, 6.07) is 38.1. The third-order valence-electron chi connectivity index (χ3n) is 9.37. The molecule has 5 aromatic rings. The van der Waals surface area contributed by atoms with Gasteiger partial charge in [-0.1, -0.05) is 91.0 Å². The first-order chi connectivity index (χ1) is 27.0. The van der Waals surface area contributed by atoms with E-state index in [4.69, 9.17) is 14.6 Å². The summed E-state index contributed by atoms with van der Waals surface area (Å²) in [7, 11) is 1.33. The SMILES string of the molecule is CON=C(C(=O)NC1C(=O)N2C1CSC([Se]c1ccccc1)C2(O)C(=O)OC(C)(C)C)c1csc(NC(c2ccccc2)(c2ccccc2)c2ccccc2)n1. The zero-order valence-electron chi connectivity index (χ0n) is 31.1. The van der Waals surface area contributed by atoms with Crippen molar-refractivity contribution in [2.45, 2.75) is 53.9 Å². The Kier molecular flexibility index (Phi) is 11.4. The normalized spacial score (nSPS) is 21.0. The first-order valence-corrected chi connectivity index (χ1v) is 21.7. The predicted octanol–water partition coefficient (Wildman–Crippen LogP) is 4.73. The van der Waals surface area contributed by atoms with Crippen LogP contribution < -0.4 is 15.1 Å². The molecule has 7 rings (SSSR count). The van der Waals surface area contributed by atoms with Crippen molar-refractivity contribution < 1.29 is 29.1 Å². The van der Waals surface area contributed by atoms with Crippen LogP contribution in [-0.4, -0.2) is 93.9 Å². The van der Waals surface area contributed by atoms with Gasteiger partial charge in [0, 0.05) is 0 Å². The third-order valence-corrected chi connectivity index (χ3v) is 14.9. The average Bonchev–Trinajstić information content (AvgIpc) is 3.67. The molecule has 3 heterocycles. The minimum absolute atomic E-state index is 0.135. The molecule has 4 aromatic carbocycles. The summed E-state index contributed by atoms with van der Waals surface area (Å²) >= 11 is 2.29. The molecule has 4 atom stereocenters. The minimum atomic E-state index is -2.24. The molecule has 2 fully saturated rings. The van der Waals surface area contributed by atoms with Crippen molar-refractivity contribution in [3.05, 3.63) is 149 Å². The van der Waals surface area contributed by atoms with Gasteiger partial charge in [-0.2, -0.15) is 0 Å². The molecule has 2 aliphatic heterocycles. The van der Waals surface area contributed by atoms with Crippen LogP contribution in [0.1, 0.15) is 43.2 Å². The van der Waals surface area contributed by atoms with Gasteiger partial charge in [-0.3, -0.25) is 0 Å². The van der Waals surface area contributed by atoms with E-state index < -0.39 is 65.8 Å². The van der Waals surface area contributed by atoms with Gasteiger partial charge in [-0.15, -0.1) is 0 Å². The number of rotatable bonds is 12. The van der Waals surface area contributed by atoms with E-state index >= 15 is 0 Å². The van der Waals surface area contributed by atoms with Crippen molar-refractivity contribution in [1.82, 2.24) is 15.2 Å². The van der Waals surface area contributed by atoms with Crippen LogP contribution in [0.25, 0.3) is 0 Å². The number of carbonyl (C=O) groups excluding carboxylic acids is 3. The number of hydrogen-bond donors (Lipinski definition) is 3. The van der Waals surface area contributed by atoms with Crippen molar-refractivity contribution in [2.75, 3.05) is 18.2 Å². The second kappa shape index (κ2) is 16.2. The number of anilines is 1. The first kappa shape index (κ1) is 39.3. The number of esters is 1. The molecule has 14 heteroatoms. The van der Waals surface area contributed by atoms with E-state index in [9.17, 15) is 19.5 Å². The van der Waals surface area contributed by atoms with E-state index in [2.05, 4.69) is 52.2 Å². The van der Waals surface area contributed by atoms with E-state index in [0.717, 1.165) is 21.2 Å². The summed E-state index contributed by atoms with van der Waals surface area (Å²) in [5, 5.41) is 25.0. The molecule has 4 unspecified atom stereocenters. The zero-order chi connectivity index (χ0) is 39.5. The Morgan fingerprint density at radius 1 is 0.893 bits per heavy atom. The number of β-lactam (4-membered cyclic amide) rings is 1. The van der Waals surface area contributed by atoms with Crippen molar-refractivity contribution in [3.63, 3.8) is 0 Å². The molecule has 2 aliphatic rings. The number of amides is 2. The van der Waals surface area contributed by atoms with Crippen LogP contribution in [0, 0.1) is 0 Å². The van der Waals surface area contributed by atoms with Crippen molar-refractivity contribution in [3.8, 4) is 0 Å². The monoisotopic (exact) mass is 855 g/mol. The van der Waals surface area contributed by atoms with Gasteiger partial charge in [-0.05, 0) is 16.7 Å². The second-order valence-corrected chi connectivity index (χ2v) is 19.3. The number of aliphatic hydroxyl groups is 1. The van der Waals surface area contributed by atoms with Gasteiger partial charge in [-0.25, -0.2) is 0 Å². The van der Waals surface area contributed by atoms with Crippen LogP contribution in [0.2, 0.25) is 0 Å². The van der Waals surface area contributed by atoms with Crippen LogP contribution in [0.15, 0.2) is 132 Å². The molecule has 2 saturated heterocycles. The summed E-state index contributed by atoms with van der Waals surface area (Å²) in [6.07, 6.45) is 0. The molecule has 2 amide bonds. The number of oxime groups is 1. The Morgan fingerprint density at radius 2 is 1.43 bits per heavy atom. The predicted molar refractivity (Wildman–Crippen MR) is 220 cm³/mol. The molecule has 288 valence electrons. The Hall–Kier alpha value is -4.98. The number of aromatic nitrogens is 1. The molecular formula is C42H41N5O6S2Se. The van der Waals surface area contributed by atoms with E-state index in [-0.39, 0.29) is 11.4 Å².